The molecule has 6 nitrogen and oxygen atoms in total. The predicted octanol–water partition coefficient (Wildman–Crippen LogP) is 4.55. The molecule has 1 aliphatic rings. The molecule has 0 aliphatic carbocycles. The smallest absolute Gasteiger partial charge is 0.255 e. The van der Waals surface area contributed by atoms with Gasteiger partial charge in [-0.15, -0.1) is 0 Å². The summed E-state index contributed by atoms with van der Waals surface area (Å²) in [6, 6.07) is 17.9. The minimum atomic E-state index is -4.13. The van der Waals surface area contributed by atoms with Crippen molar-refractivity contribution >= 4 is 38.9 Å². The van der Waals surface area contributed by atoms with E-state index in [0.717, 1.165) is 23.4 Å². The normalized spacial score (nSPS) is 14.8. The van der Waals surface area contributed by atoms with E-state index in [4.69, 9.17) is 11.6 Å². The van der Waals surface area contributed by atoms with E-state index in [-0.39, 0.29) is 18.7 Å². The largest absolute Gasteiger partial charge is 0.368 e. The van der Waals surface area contributed by atoms with Crippen molar-refractivity contribution in [1.29, 1.82) is 0 Å². The van der Waals surface area contributed by atoms with Crippen LogP contribution in [0, 0.1) is 12.7 Å². The van der Waals surface area contributed by atoms with Gasteiger partial charge in [0.2, 0.25) is 10.0 Å². The lowest BCUT2D eigenvalue weighted by Gasteiger charge is -2.35. The Bertz CT molecular complexity index is 1290. The molecule has 3 aromatic rings. The summed E-state index contributed by atoms with van der Waals surface area (Å²) in [5, 5.41) is 3.31. The third-order valence-electron chi connectivity index (χ3n) is 5.52. The number of sulfonamides is 1. The molecule has 33 heavy (non-hydrogen) atoms. The number of nitrogens with one attached hydrogen (secondary N) is 1. The summed E-state index contributed by atoms with van der Waals surface area (Å²) >= 11 is 6.25. The highest BCUT2D eigenvalue weighted by molar-refractivity contribution is 7.89. The van der Waals surface area contributed by atoms with Crippen LogP contribution in [-0.2, 0) is 10.0 Å². The maximum Gasteiger partial charge on any atom is 0.255 e. The predicted molar refractivity (Wildman–Crippen MR) is 128 cm³/mol. The Labute approximate surface area is 197 Å². The number of hydrogen-bond donors (Lipinski definition) is 1. The second-order valence-electron chi connectivity index (χ2n) is 7.81. The van der Waals surface area contributed by atoms with Crippen LogP contribution in [0.5, 0.6) is 0 Å². The van der Waals surface area contributed by atoms with E-state index in [1.165, 1.54) is 10.4 Å². The van der Waals surface area contributed by atoms with Crippen molar-refractivity contribution < 1.29 is 17.6 Å². The number of benzene rings is 3. The number of carbonyl (C=O) groups excluding carboxylic acids is 1. The molecule has 0 spiro atoms. The monoisotopic (exact) mass is 487 g/mol. The lowest BCUT2D eigenvalue weighted by atomic mass is 10.2. The van der Waals surface area contributed by atoms with Crippen LogP contribution in [0.1, 0.15) is 15.9 Å². The standard InChI is InChI=1S/C24H23ClFN3O3S/c1-17-5-4-6-19(15-17)27-24(30)18-9-10-21(26)23(16-18)33(31,32)29-13-11-28(12-14-29)22-8-3-2-7-20(22)25/h2-10,15-16H,11-14H2,1H3,(H,27,30). The molecule has 0 saturated carbocycles. The van der Waals surface area contributed by atoms with Gasteiger partial charge in [-0.1, -0.05) is 35.9 Å². The molecule has 172 valence electrons. The lowest BCUT2D eigenvalue weighted by Crippen LogP contribution is -2.48. The Morgan fingerprint density at radius 3 is 2.39 bits per heavy atom. The first-order chi connectivity index (χ1) is 15.8. The number of rotatable bonds is 5. The Morgan fingerprint density at radius 1 is 0.970 bits per heavy atom. The second kappa shape index (κ2) is 9.51. The first-order valence-corrected chi connectivity index (χ1v) is 12.2. The number of aryl methyl sites for hydroxylation is 1. The van der Waals surface area contributed by atoms with E-state index in [9.17, 15) is 17.6 Å². The zero-order chi connectivity index (χ0) is 23.6. The Morgan fingerprint density at radius 2 is 1.70 bits per heavy atom. The number of halogens is 2. The van der Waals surface area contributed by atoms with E-state index in [1.807, 2.05) is 36.1 Å². The zero-order valence-electron chi connectivity index (χ0n) is 18.0. The van der Waals surface area contributed by atoms with Gasteiger partial charge in [-0.3, -0.25) is 4.79 Å². The molecule has 4 rings (SSSR count). The molecule has 1 amide bonds. The van der Waals surface area contributed by atoms with E-state index in [0.29, 0.717) is 23.8 Å². The van der Waals surface area contributed by atoms with Crippen LogP contribution in [0.25, 0.3) is 0 Å². The highest BCUT2D eigenvalue weighted by Gasteiger charge is 2.31. The SMILES string of the molecule is Cc1cccc(NC(=O)c2ccc(F)c(S(=O)(=O)N3CCN(c4ccccc4Cl)CC3)c2)c1. The molecule has 0 unspecified atom stereocenters. The maximum absolute atomic E-state index is 14.6. The van der Waals surface area contributed by atoms with Gasteiger partial charge in [-0.05, 0) is 55.0 Å². The van der Waals surface area contributed by atoms with E-state index < -0.39 is 26.6 Å². The topological polar surface area (TPSA) is 69.7 Å². The molecule has 0 aromatic heterocycles. The van der Waals surface area contributed by atoms with E-state index >= 15 is 0 Å². The number of para-hydroxylation sites is 1. The summed E-state index contributed by atoms with van der Waals surface area (Å²) in [6.07, 6.45) is 0. The van der Waals surface area contributed by atoms with Gasteiger partial charge in [0.1, 0.15) is 10.7 Å². The van der Waals surface area contributed by atoms with Gasteiger partial charge >= 0.3 is 0 Å². The van der Waals surface area contributed by atoms with Crippen molar-refractivity contribution in [1.82, 2.24) is 4.31 Å². The van der Waals surface area contributed by atoms with Crippen molar-refractivity contribution in [3.63, 3.8) is 0 Å². The molecule has 1 saturated heterocycles. The highest BCUT2D eigenvalue weighted by Crippen LogP contribution is 2.28. The summed E-state index contributed by atoms with van der Waals surface area (Å²) in [7, 11) is -4.13. The number of piperazine rings is 1. The molecule has 1 fully saturated rings. The van der Waals surface area contributed by atoms with Gasteiger partial charge in [0.15, 0.2) is 0 Å². The third kappa shape index (κ3) is 5.03. The Hall–Kier alpha value is -2.94. The molecular formula is C24H23ClFN3O3S. The highest BCUT2D eigenvalue weighted by atomic mass is 35.5. The first-order valence-electron chi connectivity index (χ1n) is 10.4. The van der Waals surface area contributed by atoms with Gasteiger partial charge in [0, 0.05) is 37.4 Å². The fraction of sp³-hybridized carbons (Fsp3) is 0.208. The van der Waals surface area contributed by atoms with Gasteiger partial charge < -0.3 is 10.2 Å². The number of carbonyl (C=O) groups is 1. The molecule has 1 N–H and O–H groups in total. The number of hydrogen-bond acceptors (Lipinski definition) is 4. The maximum atomic E-state index is 14.6. The molecule has 0 bridgehead atoms. The first kappa shape index (κ1) is 23.2. The summed E-state index contributed by atoms with van der Waals surface area (Å²) in [4.78, 5) is 14.2. The summed E-state index contributed by atoms with van der Waals surface area (Å²) in [5.41, 5.74) is 2.43. The zero-order valence-corrected chi connectivity index (χ0v) is 19.5. The van der Waals surface area contributed by atoms with E-state index in [1.54, 1.807) is 24.3 Å². The molecule has 1 aliphatic heterocycles. The minimum Gasteiger partial charge on any atom is -0.368 e. The van der Waals surface area contributed by atoms with Crippen molar-refractivity contribution in [3.8, 4) is 0 Å². The second-order valence-corrected chi connectivity index (χ2v) is 10.1. The van der Waals surface area contributed by atoms with Crippen molar-refractivity contribution in [2.75, 3.05) is 36.4 Å². The van der Waals surface area contributed by atoms with Crippen LogP contribution in [0.15, 0.2) is 71.6 Å². The Balaban J connectivity index is 1.52. The van der Waals surface area contributed by atoms with Crippen molar-refractivity contribution in [2.45, 2.75) is 11.8 Å². The average Bonchev–Trinajstić information content (AvgIpc) is 2.79. The number of anilines is 2. The summed E-state index contributed by atoms with van der Waals surface area (Å²) in [5.74, 6) is -1.41. The quantitative estimate of drug-likeness (QED) is 0.573. The average molecular weight is 488 g/mol. The van der Waals surface area contributed by atoms with Gasteiger partial charge in [-0.2, -0.15) is 4.31 Å². The van der Waals surface area contributed by atoms with Crippen LogP contribution < -0.4 is 10.2 Å². The molecular weight excluding hydrogens is 465 g/mol. The summed E-state index contributed by atoms with van der Waals surface area (Å²) < 4.78 is 42.2. The molecule has 9 heteroatoms. The van der Waals surface area contributed by atoms with Crippen LogP contribution >= 0.6 is 11.6 Å². The molecule has 3 aromatic carbocycles. The van der Waals surface area contributed by atoms with Crippen molar-refractivity contribution in [3.05, 3.63) is 88.7 Å². The minimum absolute atomic E-state index is 0.0613. The number of nitrogens with zero attached hydrogens (tertiary/aromatic N) is 2. The van der Waals surface area contributed by atoms with Gasteiger partial charge in [-0.25, -0.2) is 12.8 Å². The fourth-order valence-corrected chi connectivity index (χ4v) is 5.55. The lowest BCUT2D eigenvalue weighted by molar-refractivity contribution is 0.102. The van der Waals surface area contributed by atoms with Crippen LogP contribution in [-0.4, -0.2) is 44.8 Å². The third-order valence-corrected chi connectivity index (χ3v) is 7.75. The van der Waals surface area contributed by atoms with Gasteiger partial charge in [0.05, 0.1) is 10.7 Å². The van der Waals surface area contributed by atoms with Crippen LogP contribution in [0.2, 0.25) is 5.02 Å². The molecule has 0 atom stereocenters. The van der Waals surface area contributed by atoms with Gasteiger partial charge in [0.25, 0.3) is 5.91 Å². The van der Waals surface area contributed by atoms with Crippen LogP contribution in [0.3, 0.4) is 0 Å². The number of amides is 1. The fourth-order valence-electron chi connectivity index (χ4n) is 3.78. The van der Waals surface area contributed by atoms with Crippen molar-refractivity contribution in [2.24, 2.45) is 0 Å². The summed E-state index contributed by atoms with van der Waals surface area (Å²) in [6.45, 7) is 3.07. The molecule has 1 heterocycles. The Kier molecular flexibility index (Phi) is 6.69. The molecule has 0 radical (unpaired) electrons. The van der Waals surface area contributed by atoms with Crippen LogP contribution in [0.4, 0.5) is 15.8 Å². The van der Waals surface area contributed by atoms with E-state index in [2.05, 4.69) is 5.32 Å².